The lowest BCUT2D eigenvalue weighted by atomic mass is 9.89. The number of aromatic carboxylic acids is 1. The van der Waals surface area contributed by atoms with Gasteiger partial charge in [0.25, 0.3) is 0 Å². The molecule has 0 unspecified atom stereocenters. The van der Waals surface area contributed by atoms with Crippen molar-refractivity contribution < 1.29 is 9.90 Å². The quantitative estimate of drug-likeness (QED) is 0.816. The minimum Gasteiger partial charge on any atom is -0.476 e. The second-order valence-electron chi connectivity index (χ2n) is 4.58. The van der Waals surface area contributed by atoms with Gasteiger partial charge in [-0.05, 0) is 18.8 Å². The second-order valence-corrected chi connectivity index (χ2v) is 4.58. The first kappa shape index (κ1) is 12.0. The minimum absolute atomic E-state index is 0.0108. The van der Waals surface area contributed by atoms with Crippen LogP contribution in [0.25, 0.3) is 0 Å². The molecule has 6 nitrogen and oxygen atoms in total. The monoisotopic (exact) mass is 238 g/mol. The van der Waals surface area contributed by atoms with Gasteiger partial charge in [0.2, 0.25) is 0 Å². The van der Waals surface area contributed by atoms with Crippen LogP contribution in [0.5, 0.6) is 0 Å². The van der Waals surface area contributed by atoms with Gasteiger partial charge < -0.3 is 10.8 Å². The van der Waals surface area contributed by atoms with Gasteiger partial charge >= 0.3 is 5.97 Å². The Morgan fingerprint density at radius 3 is 2.71 bits per heavy atom. The molecule has 1 aliphatic carbocycles. The highest BCUT2D eigenvalue weighted by Gasteiger charge is 2.21. The molecule has 0 amide bonds. The van der Waals surface area contributed by atoms with Crippen molar-refractivity contribution in [2.45, 2.75) is 45.2 Å². The summed E-state index contributed by atoms with van der Waals surface area (Å²) in [5.74, 6) is -0.474. The highest BCUT2D eigenvalue weighted by atomic mass is 16.4. The summed E-state index contributed by atoms with van der Waals surface area (Å²) in [6, 6.07) is 0. The normalized spacial score (nSPS) is 17.2. The van der Waals surface area contributed by atoms with E-state index in [2.05, 4.69) is 10.3 Å². The van der Waals surface area contributed by atoms with Crippen LogP contribution in [-0.2, 0) is 13.1 Å². The number of carboxylic acids is 1. The van der Waals surface area contributed by atoms with E-state index in [1.165, 1.54) is 32.1 Å². The Bertz CT molecular complexity index is 396. The van der Waals surface area contributed by atoms with Gasteiger partial charge in [-0.3, -0.25) is 0 Å². The van der Waals surface area contributed by atoms with Gasteiger partial charge in [0.1, 0.15) is 0 Å². The van der Waals surface area contributed by atoms with Crippen molar-refractivity contribution in [3.63, 3.8) is 0 Å². The fraction of sp³-hybridized carbons (Fsp3) is 0.727. The third-order valence-corrected chi connectivity index (χ3v) is 3.39. The van der Waals surface area contributed by atoms with E-state index in [0.717, 1.165) is 6.54 Å². The number of nitrogens with two attached hydrogens (primary N) is 1. The van der Waals surface area contributed by atoms with E-state index in [9.17, 15) is 4.79 Å². The molecular weight excluding hydrogens is 220 g/mol. The van der Waals surface area contributed by atoms with Gasteiger partial charge in [-0.2, -0.15) is 0 Å². The standard InChI is InChI=1S/C11H18N4O2/c12-6-9-10(11(16)17)13-14-15(9)7-8-4-2-1-3-5-8/h8H,1-7,12H2,(H,16,17). The highest BCUT2D eigenvalue weighted by molar-refractivity contribution is 5.86. The molecular formula is C11H18N4O2. The topological polar surface area (TPSA) is 94.0 Å². The largest absolute Gasteiger partial charge is 0.476 e. The average Bonchev–Trinajstić information content (AvgIpc) is 2.73. The van der Waals surface area contributed by atoms with Crippen LogP contribution >= 0.6 is 0 Å². The summed E-state index contributed by atoms with van der Waals surface area (Å²) in [6.45, 7) is 0.911. The van der Waals surface area contributed by atoms with Gasteiger partial charge in [-0.25, -0.2) is 9.48 Å². The molecule has 3 N–H and O–H groups in total. The Morgan fingerprint density at radius 1 is 1.41 bits per heavy atom. The van der Waals surface area contributed by atoms with Crippen molar-refractivity contribution >= 4 is 5.97 Å². The van der Waals surface area contributed by atoms with Gasteiger partial charge in [0.15, 0.2) is 5.69 Å². The Labute approximate surface area is 99.8 Å². The minimum atomic E-state index is -1.06. The summed E-state index contributed by atoms with van der Waals surface area (Å²) in [5.41, 5.74) is 6.09. The van der Waals surface area contributed by atoms with Crippen molar-refractivity contribution in [3.8, 4) is 0 Å². The van der Waals surface area contributed by atoms with E-state index >= 15 is 0 Å². The summed E-state index contributed by atoms with van der Waals surface area (Å²) in [7, 11) is 0. The molecule has 1 aliphatic rings. The van der Waals surface area contributed by atoms with E-state index in [4.69, 9.17) is 10.8 Å². The molecule has 1 aromatic heterocycles. The van der Waals surface area contributed by atoms with E-state index < -0.39 is 5.97 Å². The molecule has 1 aromatic rings. The first-order valence-corrected chi connectivity index (χ1v) is 6.08. The van der Waals surface area contributed by atoms with Crippen LogP contribution in [0, 0.1) is 5.92 Å². The molecule has 0 saturated heterocycles. The molecule has 1 fully saturated rings. The fourth-order valence-corrected chi connectivity index (χ4v) is 2.46. The summed E-state index contributed by atoms with van der Waals surface area (Å²) in [4.78, 5) is 10.9. The van der Waals surface area contributed by atoms with Crippen molar-refractivity contribution in [1.29, 1.82) is 0 Å². The van der Waals surface area contributed by atoms with Crippen molar-refractivity contribution in [1.82, 2.24) is 15.0 Å². The molecule has 17 heavy (non-hydrogen) atoms. The number of rotatable bonds is 4. The Kier molecular flexibility index (Phi) is 3.73. The maximum atomic E-state index is 10.9. The van der Waals surface area contributed by atoms with Crippen LogP contribution < -0.4 is 5.73 Å². The fourth-order valence-electron chi connectivity index (χ4n) is 2.46. The molecule has 2 rings (SSSR count). The number of hydrogen-bond donors (Lipinski definition) is 2. The molecule has 6 heteroatoms. The lowest BCUT2D eigenvalue weighted by molar-refractivity contribution is 0.0689. The third-order valence-electron chi connectivity index (χ3n) is 3.39. The first-order chi connectivity index (χ1) is 8.22. The average molecular weight is 238 g/mol. The predicted molar refractivity (Wildman–Crippen MR) is 61.4 cm³/mol. The highest BCUT2D eigenvalue weighted by Crippen LogP contribution is 2.25. The molecule has 0 spiro atoms. The number of nitrogens with zero attached hydrogens (tertiary/aromatic N) is 3. The van der Waals surface area contributed by atoms with Gasteiger partial charge in [0.05, 0.1) is 5.69 Å². The van der Waals surface area contributed by atoms with E-state index in [-0.39, 0.29) is 12.2 Å². The van der Waals surface area contributed by atoms with Crippen LogP contribution in [0.2, 0.25) is 0 Å². The Hall–Kier alpha value is -1.43. The Balaban J connectivity index is 2.12. The number of carboxylic acid groups (broad SMARTS) is 1. The van der Waals surface area contributed by atoms with Gasteiger partial charge in [-0.1, -0.05) is 24.5 Å². The van der Waals surface area contributed by atoms with E-state index in [0.29, 0.717) is 11.6 Å². The number of hydrogen-bond acceptors (Lipinski definition) is 4. The lowest BCUT2D eigenvalue weighted by Gasteiger charge is -2.21. The molecule has 0 bridgehead atoms. The van der Waals surface area contributed by atoms with Crippen LogP contribution in [-0.4, -0.2) is 26.1 Å². The third kappa shape index (κ3) is 2.63. The Morgan fingerprint density at radius 2 is 2.12 bits per heavy atom. The molecule has 1 heterocycles. The van der Waals surface area contributed by atoms with Crippen molar-refractivity contribution in [3.05, 3.63) is 11.4 Å². The second kappa shape index (κ2) is 5.27. The summed E-state index contributed by atoms with van der Waals surface area (Å²) >= 11 is 0. The smallest absolute Gasteiger partial charge is 0.358 e. The van der Waals surface area contributed by atoms with Crippen LogP contribution in [0.4, 0.5) is 0 Å². The number of carbonyl (C=O) groups is 1. The van der Waals surface area contributed by atoms with Gasteiger partial charge in [-0.15, -0.1) is 5.10 Å². The maximum Gasteiger partial charge on any atom is 0.358 e. The summed E-state index contributed by atoms with van der Waals surface area (Å²) in [6.07, 6.45) is 6.18. The van der Waals surface area contributed by atoms with Crippen LogP contribution in [0.3, 0.4) is 0 Å². The van der Waals surface area contributed by atoms with E-state index in [1.807, 2.05) is 0 Å². The summed E-state index contributed by atoms with van der Waals surface area (Å²) < 4.78 is 1.67. The molecule has 1 saturated carbocycles. The van der Waals surface area contributed by atoms with Crippen molar-refractivity contribution in [2.24, 2.45) is 11.7 Å². The molecule has 0 aromatic carbocycles. The van der Waals surface area contributed by atoms with Crippen molar-refractivity contribution in [2.75, 3.05) is 0 Å². The summed E-state index contributed by atoms with van der Waals surface area (Å²) in [5, 5.41) is 16.5. The zero-order valence-corrected chi connectivity index (χ0v) is 9.80. The maximum absolute atomic E-state index is 10.9. The van der Waals surface area contributed by atoms with Crippen LogP contribution in [0.1, 0.15) is 48.3 Å². The first-order valence-electron chi connectivity index (χ1n) is 6.08. The SMILES string of the molecule is NCc1c(C(=O)O)nnn1CC1CCCCC1. The zero-order chi connectivity index (χ0) is 12.3. The molecule has 94 valence electrons. The lowest BCUT2D eigenvalue weighted by Crippen LogP contribution is -2.19. The zero-order valence-electron chi connectivity index (χ0n) is 9.80. The van der Waals surface area contributed by atoms with E-state index in [1.54, 1.807) is 4.68 Å². The number of aromatic nitrogens is 3. The van der Waals surface area contributed by atoms with Crippen LogP contribution in [0.15, 0.2) is 0 Å². The molecule has 0 radical (unpaired) electrons. The molecule has 0 atom stereocenters. The predicted octanol–water partition coefficient (Wildman–Crippen LogP) is 1.02. The molecule has 0 aliphatic heterocycles. The van der Waals surface area contributed by atoms with Gasteiger partial charge in [0, 0.05) is 13.1 Å².